The van der Waals surface area contributed by atoms with Gasteiger partial charge >= 0.3 is 0 Å². The highest BCUT2D eigenvalue weighted by Gasteiger charge is 2.17. The summed E-state index contributed by atoms with van der Waals surface area (Å²) in [4.78, 5) is 20.7. The fourth-order valence-electron chi connectivity index (χ4n) is 2.66. The normalized spacial score (nSPS) is 16.0. The van der Waals surface area contributed by atoms with E-state index in [0.717, 1.165) is 44.1 Å². The van der Waals surface area contributed by atoms with E-state index in [0.29, 0.717) is 5.69 Å². The van der Waals surface area contributed by atoms with Gasteiger partial charge in [0.2, 0.25) is 0 Å². The summed E-state index contributed by atoms with van der Waals surface area (Å²) in [5.41, 5.74) is 1.68. The van der Waals surface area contributed by atoms with Crippen molar-refractivity contribution in [3.05, 3.63) is 24.0 Å². The lowest BCUT2D eigenvalue weighted by Gasteiger charge is -2.31. The lowest BCUT2D eigenvalue weighted by atomic mass is 9.99. The predicted octanol–water partition coefficient (Wildman–Crippen LogP) is 3.19. The second-order valence-corrected chi connectivity index (χ2v) is 6.15. The molecule has 0 atom stereocenters. The van der Waals surface area contributed by atoms with Crippen LogP contribution in [0.1, 0.15) is 50.0 Å². The van der Waals surface area contributed by atoms with E-state index in [1.807, 2.05) is 25.4 Å². The fraction of sp³-hybridized carbons (Fsp3) is 0.647. The van der Waals surface area contributed by atoms with E-state index < -0.39 is 0 Å². The number of aromatic nitrogens is 1. The monoisotopic (exact) mass is 289 g/mol. The van der Waals surface area contributed by atoms with Gasteiger partial charge in [0.25, 0.3) is 5.91 Å². The fourth-order valence-corrected chi connectivity index (χ4v) is 2.66. The van der Waals surface area contributed by atoms with Gasteiger partial charge < -0.3 is 9.80 Å². The van der Waals surface area contributed by atoms with Crippen molar-refractivity contribution in [2.24, 2.45) is 5.92 Å². The molecule has 4 nitrogen and oxygen atoms in total. The molecule has 21 heavy (non-hydrogen) atoms. The van der Waals surface area contributed by atoms with E-state index in [2.05, 4.69) is 23.7 Å². The molecule has 0 aromatic carbocycles. The summed E-state index contributed by atoms with van der Waals surface area (Å²) in [6.07, 6.45) is 6.45. The number of anilines is 1. The van der Waals surface area contributed by atoms with Crippen LogP contribution in [0.5, 0.6) is 0 Å². The van der Waals surface area contributed by atoms with Crippen molar-refractivity contribution in [3.8, 4) is 0 Å². The minimum absolute atomic E-state index is 0.0160. The Morgan fingerprint density at radius 3 is 2.67 bits per heavy atom. The highest BCUT2D eigenvalue weighted by molar-refractivity contribution is 5.92. The number of carbonyl (C=O) groups is 1. The zero-order chi connectivity index (χ0) is 15.2. The lowest BCUT2D eigenvalue weighted by molar-refractivity contribution is 0.0787. The first-order valence-electron chi connectivity index (χ1n) is 8.08. The van der Waals surface area contributed by atoms with Crippen molar-refractivity contribution >= 4 is 11.6 Å². The van der Waals surface area contributed by atoms with Crippen molar-refractivity contribution < 1.29 is 4.79 Å². The first-order chi connectivity index (χ1) is 10.1. The van der Waals surface area contributed by atoms with Crippen molar-refractivity contribution in [1.82, 2.24) is 9.88 Å². The number of rotatable bonds is 5. The Bertz CT molecular complexity index is 450. The van der Waals surface area contributed by atoms with Crippen LogP contribution in [0, 0.1) is 5.92 Å². The van der Waals surface area contributed by atoms with Gasteiger partial charge in [-0.05, 0) is 37.3 Å². The van der Waals surface area contributed by atoms with Gasteiger partial charge in [0.05, 0.1) is 11.9 Å². The van der Waals surface area contributed by atoms with Gasteiger partial charge in [-0.2, -0.15) is 0 Å². The molecule has 1 aromatic heterocycles. The van der Waals surface area contributed by atoms with Gasteiger partial charge in [0.1, 0.15) is 5.69 Å². The number of hydrogen-bond donors (Lipinski definition) is 0. The van der Waals surface area contributed by atoms with Crippen LogP contribution in [0.3, 0.4) is 0 Å². The second-order valence-electron chi connectivity index (χ2n) is 6.15. The number of pyridine rings is 1. The molecule has 0 aliphatic carbocycles. The summed E-state index contributed by atoms with van der Waals surface area (Å²) in [6, 6.07) is 3.89. The Balaban J connectivity index is 1.96. The van der Waals surface area contributed by atoms with Crippen LogP contribution < -0.4 is 4.90 Å². The molecule has 2 heterocycles. The van der Waals surface area contributed by atoms with E-state index in [9.17, 15) is 4.79 Å². The van der Waals surface area contributed by atoms with Crippen LogP contribution >= 0.6 is 0 Å². The lowest BCUT2D eigenvalue weighted by Crippen LogP contribution is -2.33. The van der Waals surface area contributed by atoms with Crippen molar-refractivity contribution in [3.63, 3.8) is 0 Å². The van der Waals surface area contributed by atoms with E-state index in [4.69, 9.17) is 0 Å². The smallest absolute Gasteiger partial charge is 0.272 e. The van der Waals surface area contributed by atoms with Gasteiger partial charge in [-0.1, -0.05) is 20.3 Å². The highest BCUT2D eigenvalue weighted by Crippen LogP contribution is 2.22. The molecule has 116 valence electrons. The van der Waals surface area contributed by atoms with Gasteiger partial charge in [0, 0.05) is 26.7 Å². The number of carbonyl (C=O) groups excluding carboxylic acids is 1. The van der Waals surface area contributed by atoms with E-state index in [1.54, 1.807) is 4.90 Å². The average Bonchev–Trinajstić information content (AvgIpc) is 2.53. The average molecular weight is 289 g/mol. The number of hydrogen-bond acceptors (Lipinski definition) is 3. The molecular weight excluding hydrogens is 262 g/mol. The Kier molecular flexibility index (Phi) is 5.59. The van der Waals surface area contributed by atoms with E-state index >= 15 is 0 Å². The highest BCUT2D eigenvalue weighted by atomic mass is 16.2. The zero-order valence-corrected chi connectivity index (χ0v) is 13.5. The molecule has 0 radical (unpaired) electrons. The standard InChI is InChI=1S/C17H27N3O/c1-4-5-10-19(3)17(21)16-7-6-15(13-18-16)20-11-8-14(2)9-12-20/h6-7,13-14H,4-5,8-12H2,1-3H3. The van der Waals surface area contributed by atoms with Crippen LogP contribution in [0.2, 0.25) is 0 Å². The molecule has 0 saturated carbocycles. The number of unbranched alkanes of at least 4 members (excludes halogenated alkanes) is 1. The van der Waals surface area contributed by atoms with Crippen LogP contribution in [0.4, 0.5) is 5.69 Å². The molecular formula is C17H27N3O. The molecule has 1 amide bonds. The third-order valence-electron chi connectivity index (χ3n) is 4.31. The maximum Gasteiger partial charge on any atom is 0.272 e. The summed E-state index contributed by atoms with van der Waals surface area (Å²) in [5, 5.41) is 0. The summed E-state index contributed by atoms with van der Waals surface area (Å²) in [6.45, 7) is 7.41. The molecule has 2 rings (SSSR count). The summed E-state index contributed by atoms with van der Waals surface area (Å²) in [7, 11) is 1.85. The minimum atomic E-state index is 0.0160. The first-order valence-corrected chi connectivity index (χ1v) is 8.08. The van der Waals surface area contributed by atoms with E-state index in [1.165, 1.54) is 12.8 Å². The molecule has 0 bridgehead atoms. The van der Waals surface area contributed by atoms with Crippen molar-refractivity contribution in [2.45, 2.75) is 39.5 Å². The van der Waals surface area contributed by atoms with Crippen LogP contribution in [-0.4, -0.2) is 42.5 Å². The number of piperidine rings is 1. The van der Waals surface area contributed by atoms with Crippen LogP contribution in [0.25, 0.3) is 0 Å². The quantitative estimate of drug-likeness (QED) is 0.835. The molecule has 1 aromatic rings. The topological polar surface area (TPSA) is 36.4 Å². The Morgan fingerprint density at radius 2 is 2.10 bits per heavy atom. The van der Waals surface area contributed by atoms with Gasteiger partial charge in [0.15, 0.2) is 0 Å². The molecule has 0 N–H and O–H groups in total. The third-order valence-corrected chi connectivity index (χ3v) is 4.31. The number of amides is 1. The Labute approximate surface area is 128 Å². The first kappa shape index (κ1) is 15.8. The SMILES string of the molecule is CCCCN(C)C(=O)c1ccc(N2CCC(C)CC2)cn1. The molecule has 1 aliphatic rings. The molecule has 0 unspecified atom stereocenters. The zero-order valence-electron chi connectivity index (χ0n) is 13.5. The van der Waals surface area contributed by atoms with Crippen LogP contribution in [-0.2, 0) is 0 Å². The summed E-state index contributed by atoms with van der Waals surface area (Å²) < 4.78 is 0. The van der Waals surface area contributed by atoms with Crippen molar-refractivity contribution in [1.29, 1.82) is 0 Å². The summed E-state index contributed by atoms with van der Waals surface area (Å²) in [5.74, 6) is 0.838. The van der Waals surface area contributed by atoms with Crippen LogP contribution in [0.15, 0.2) is 18.3 Å². The van der Waals surface area contributed by atoms with Gasteiger partial charge in [-0.25, -0.2) is 4.98 Å². The molecule has 1 aliphatic heterocycles. The van der Waals surface area contributed by atoms with Crippen molar-refractivity contribution in [2.75, 3.05) is 31.6 Å². The number of nitrogens with zero attached hydrogens (tertiary/aromatic N) is 3. The van der Waals surface area contributed by atoms with Gasteiger partial charge in [-0.3, -0.25) is 4.79 Å². The maximum atomic E-state index is 12.2. The van der Waals surface area contributed by atoms with E-state index in [-0.39, 0.29) is 5.91 Å². The maximum absolute atomic E-state index is 12.2. The Morgan fingerprint density at radius 1 is 1.38 bits per heavy atom. The predicted molar refractivity (Wildman–Crippen MR) is 86.7 cm³/mol. The second kappa shape index (κ2) is 7.43. The molecule has 0 spiro atoms. The molecule has 1 fully saturated rings. The largest absolute Gasteiger partial charge is 0.370 e. The van der Waals surface area contributed by atoms with Gasteiger partial charge in [-0.15, -0.1) is 0 Å². The Hall–Kier alpha value is -1.58. The summed E-state index contributed by atoms with van der Waals surface area (Å²) >= 11 is 0. The molecule has 1 saturated heterocycles. The third kappa shape index (κ3) is 4.19. The minimum Gasteiger partial charge on any atom is -0.370 e. The molecule has 4 heteroatoms.